The predicted octanol–water partition coefficient (Wildman–Crippen LogP) is 2.75. The summed E-state index contributed by atoms with van der Waals surface area (Å²) in [5.41, 5.74) is 0.215. The number of aliphatic hydroxyl groups is 1. The molecule has 0 radical (unpaired) electrons. The second-order valence-corrected chi connectivity index (χ2v) is 3.16. The van der Waals surface area contributed by atoms with Crippen molar-refractivity contribution in [2.75, 3.05) is 0 Å². The number of aliphatic hydroxyl groups excluding tert-OH is 1. The monoisotopic (exact) mass is 236 g/mol. The summed E-state index contributed by atoms with van der Waals surface area (Å²) in [6.45, 7) is 0. The molecule has 1 aromatic rings. The minimum atomic E-state index is -2.75. The van der Waals surface area contributed by atoms with Crippen molar-refractivity contribution in [3.05, 3.63) is 34.3 Å². The Bertz CT molecular complexity index is 265. The normalized spacial score (nSPS) is 13.4. The van der Waals surface area contributed by atoms with Gasteiger partial charge in [-0.1, -0.05) is 34.1 Å². The lowest BCUT2D eigenvalue weighted by molar-refractivity contribution is -0.00618. The molecule has 1 nitrogen and oxygen atoms in total. The van der Waals surface area contributed by atoms with E-state index in [1.165, 1.54) is 6.07 Å². The molecule has 0 aliphatic heterocycles. The molecule has 0 aliphatic carbocycles. The van der Waals surface area contributed by atoms with Gasteiger partial charge in [-0.05, 0) is 6.07 Å². The van der Waals surface area contributed by atoms with Gasteiger partial charge in [0.1, 0.15) is 6.10 Å². The lowest BCUT2D eigenvalue weighted by atomic mass is 10.1. The summed E-state index contributed by atoms with van der Waals surface area (Å²) in [5.74, 6) is 0. The van der Waals surface area contributed by atoms with Crippen molar-refractivity contribution in [1.29, 1.82) is 0 Å². The third-order valence-corrected chi connectivity index (χ3v) is 2.18. The van der Waals surface area contributed by atoms with Crippen LogP contribution in [-0.4, -0.2) is 11.5 Å². The molecule has 1 rings (SSSR count). The predicted molar refractivity (Wildman–Crippen MR) is 45.1 cm³/mol. The SMILES string of the molecule is OC(c1ccccc1Br)C(F)F. The van der Waals surface area contributed by atoms with Crippen LogP contribution in [0.15, 0.2) is 28.7 Å². The number of alkyl halides is 2. The highest BCUT2D eigenvalue weighted by Crippen LogP contribution is 2.26. The molecule has 0 fully saturated rings. The van der Waals surface area contributed by atoms with E-state index < -0.39 is 12.5 Å². The third-order valence-electron chi connectivity index (χ3n) is 1.46. The van der Waals surface area contributed by atoms with Crippen molar-refractivity contribution < 1.29 is 13.9 Å². The maximum absolute atomic E-state index is 12.0. The van der Waals surface area contributed by atoms with Crippen molar-refractivity contribution in [2.45, 2.75) is 12.5 Å². The largest absolute Gasteiger partial charge is 0.382 e. The van der Waals surface area contributed by atoms with Crippen molar-refractivity contribution in [3.63, 3.8) is 0 Å². The molecule has 12 heavy (non-hydrogen) atoms. The van der Waals surface area contributed by atoms with Crippen LogP contribution >= 0.6 is 15.9 Å². The first kappa shape index (κ1) is 9.61. The Morgan fingerprint density at radius 3 is 2.33 bits per heavy atom. The summed E-state index contributed by atoms with van der Waals surface area (Å²) < 4.78 is 24.5. The van der Waals surface area contributed by atoms with Gasteiger partial charge in [-0.25, -0.2) is 8.78 Å². The number of rotatable bonds is 2. The molecule has 0 saturated heterocycles. The van der Waals surface area contributed by atoms with E-state index in [-0.39, 0.29) is 5.56 Å². The van der Waals surface area contributed by atoms with Gasteiger partial charge in [-0.2, -0.15) is 0 Å². The highest BCUT2D eigenvalue weighted by Gasteiger charge is 2.20. The summed E-state index contributed by atoms with van der Waals surface area (Å²) in [6.07, 6.45) is -4.45. The molecular weight excluding hydrogens is 230 g/mol. The van der Waals surface area contributed by atoms with Crippen LogP contribution in [-0.2, 0) is 0 Å². The molecule has 0 spiro atoms. The van der Waals surface area contributed by atoms with E-state index in [0.29, 0.717) is 4.47 Å². The summed E-state index contributed by atoms with van der Waals surface area (Å²) in [7, 11) is 0. The van der Waals surface area contributed by atoms with Gasteiger partial charge in [0.05, 0.1) is 0 Å². The molecule has 0 aliphatic rings. The number of benzene rings is 1. The van der Waals surface area contributed by atoms with E-state index in [2.05, 4.69) is 15.9 Å². The minimum Gasteiger partial charge on any atom is -0.382 e. The number of hydrogen-bond donors (Lipinski definition) is 1. The molecular formula is C8H7BrF2O. The van der Waals surface area contributed by atoms with E-state index in [1.54, 1.807) is 18.2 Å². The fourth-order valence-electron chi connectivity index (χ4n) is 0.851. The fraction of sp³-hybridized carbons (Fsp3) is 0.250. The Hall–Kier alpha value is -0.480. The van der Waals surface area contributed by atoms with Gasteiger partial charge in [0.15, 0.2) is 0 Å². The molecule has 1 unspecified atom stereocenters. The molecule has 1 atom stereocenters. The van der Waals surface area contributed by atoms with E-state index in [4.69, 9.17) is 5.11 Å². The van der Waals surface area contributed by atoms with Crippen LogP contribution in [0.25, 0.3) is 0 Å². The van der Waals surface area contributed by atoms with Gasteiger partial charge in [-0.3, -0.25) is 0 Å². The number of halogens is 3. The molecule has 0 bridgehead atoms. The molecule has 1 N–H and O–H groups in total. The standard InChI is InChI=1S/C8H7BrF2O/c9-6-4-2-1-3-5(6)7(12)8(10)11/h1-4,7-8,12H. The van der Waals surface area contributed by atoms with Crippen LogP contribution in [0, 0.1) is 0 Å². The first-order valence-electron chi connectivity index (χ1n) is 3.33. The first-order valence-corrected chi connectivity index (χ1v) is 4.13. The molecule has 0 aromatic heterocycles. The van der Waals surface area contributed by atoms with Gasteiger partial charge >= 0.3 is 0 Å². The molecule has 4 heteroatoms. The maximum Gasteiger partial charge on any atom is 0.268 e. The first-order chi connectivity index (χ1) is 5.63. The van der Waals surface area contributed by atoms with Crippen molar-refractivity contribution in [2.24, 2.45) is 0 Å². The summed E-state index contributed by atoms with van der Waals surface area (Å²) >= 11 is 3.07. The van der Waals surface area contributed by atoms with E-state index in [9.17, 15) is 8.78 Å². The summed E-state index contributed by atoms with van der Waals surface area (Å²) in [5, 5.41) is 9.00. The molecule has 0 amide bonds. The zero-order chi connectivity index (χ0) is 9.14. The highest BCUT2D eigenvalue weighted by atomic mass is 79.9. The quantitative estimate of drug-likeness (QED) is 0.838. The van der Waals surface area contributed by atoms with Crippen molar-refractivity contribution >= 4 is 15.9 Å². The molecule has 0 saturated carbocycles. The minimum absolute atomic E-state index is 0.215. The second kappa shape index (κ2) is 3.96. The average molecular weight is 237 g/mol. The van der Waals surface area contributed by atoms with Crippen LogP contribution in [0.1, 0.15) is 11.7 Å². The Morgan fingerprint density at radius 1 is 1.25 bits per heavy atom. The van der Waals surface area contributed by atoms with Crippen LogP contribution < -0.4 is 0 Å². The topological polar surface area (TPSA) is 20.2 Å². The van der Waals surface area contributed by atoms with Gasteiger partial charge in [-0.15, -0.1) is 0 Å². The second-order valence-electron chi connectivity index (χ2n) is 2.30. The van der Waals surface area contributed by atoms with Crippen LogP contribution in [0.3, 0.4) is 0 Å². The summed E-state index contributed by atoms with van der Waals surface area (Å²) in [4.78, 5) is 0. The number of hydrogen-bond acceptors (Lipinski definition) is 1. The van der Waals surface area contributed by atoms with E-state index in [0.717, 1.165) is 0 Å². The Morgan fingerprint density at radius 2 is 1.83 bits per heavy atom. The van der Waals surface area contributed by atoms with Crippen molar-refractivity contribution in [1.82, 2.24) is 0 Å². The van der Waals surface area contributed by atoms with Crippen LogP contribution in [0.2, 0.25) is 0 Å². The van der Waals surface area contributed by atoms with Crippen LogP contribution in [0.4, 0.5) is 8.78 Å². The van der Waals surface area contributed by atoms with Gasteiger partial charge in [0, 0.05) is 10.0 Å². The van der Waals surface area contributed by atoms with Gasteiger partial charge in [0.2, 0.25) is 0 Å². The van der Waals surface area contributed by atoms with E-state index >= 15 is 0 Å². The smallest absolute Gasteiger partial charge is 0.268 e. The van der Waals surface area contributed by atoms with Gasteiger partial charge < -0.3 is 5.11 Å². The lowest BCUT2D eigenvalue weighted by Gasteiger charge is -2.10. The Kier molecular flexibility index (Phi) is 3.17. The van der Waals surface area contributed by atoms with E-state index in [1.807, 2.05) is 0 Å². The summed E-state index contributed by atoms with van der Waals surface area (Å²) in [6, 6.07) is 6.37. The maximum atomic E-state index is 12.0. The van der Waals surface area contributed by atoms with Crippen molar-refractivity contribution in [3.8, 4) is 0 Å². The molecule has 1 aromatic carbocycles. The fourth-order valence-corrected chi connectivity index (χ4v) is 1.37. The van der Waals surface area contributed by atoms with Gasteiger partial charge in [0.25, 0.3) is 6.43 Å². The Labute approximate surface area is 77.2 Å². The molecule has 0 heterocycles. The van der Waals surface area contributed by atoms with Crippen LogP contribution in [0.5, 0.6) is 0 Å². The zero-order valence-corrected chi connectivity index (χ0v) is 7.63. The molecule has 66 valence electrons. The highest BCUT2D eigenvalue weighted by molar-refractivity contribution is 9.10. The third kappa shape index (κ3) is 2.01. The average Bonchev–Trinajstić information content (AvgIpc) is 2.04. The zero-order valence-electron chi connectivity index (χ0n) is 6.05. The lowest BCUT2D eigenvalue weighted by Crippen LogP contribution is -2.08. The Balaban J connectivity index is 2.94.